The molecule has 0 nitrogen and oxygen atoms in total. The van der Waals surface area contributed by atoms with Crippen LogP contribution in [0.2, 0.25) is 0 Å². The quantitative estimate of drug-likeness (QED) is 0.234. The van der Waals surface area contributed by atoms with Crippen LogP contribution in [-0.2, 0) is 4.43 Å². The lowest BCUT2D eigenvalue weighted by atomic mass is 9.68. The standard InChI is InChI=1S/C24H35I/c1-2-3-4-5-19-6-10-21(11-7-19)23-14-16-24(17-15-23)22-12-8-20(18-25)9-13-22/h2-3,8-9,12-13,19,21,23-24H,4-7,10-11,14-18H2,1H3/b3-2+. The highest BCUT2D eigenvalue weighted by Crippen LogP contribution is 2.44. The number of alkyl halides is 1. The van der Waals surface area contributed by atoms with Crippen LogP contribution < -0.4 is 0 Å². The molecule has 0 aromatic heterocycles. The number of hydrogen-bond donors (Lipinski definition) is 0. The van der Waals surface area contributed by atoms with Crippen molar-refractivity contribution in [3.63, 3.8) is 0 Å². The van der Waals surface area contributed by atoms with E-state index in [0.29, 0.717) is 0 Å². The minimum absolute atomic E-state index is 0.830. The Morgan fingerprint density at radius 1 is 0.880 bits per heavy atom. The highest BCUT2D eigenvalue weighted by molar-refractivity contribution is 14.1. The number of rotatable bonds is 6. The van der Waals surface area contributed by atoms with E-state index in [0.717, 1.165) is 28.1 Å². The van der Waals surface area contributed by atoms with Crippen molar-refractivity contribution in [2.45, 2.75) is 81.5 Å². The molecule has 0 N–H and O–H groups in total. The molecule has 2 saturated carbocycles. The molecule has 2 fully saturated rings. The van der Waals surface area contributed by atoms with Crippen molar-refractivity contribution in [2.24, 2.45) is 17.8 Å². The molecule has 0 amide bonds. The Morgan fingerprint density at radius 3 is 2.04 bits per heavy atom. The largest absolute Gasteiger partial charge is 0.0917 e. The zero-order valence-corrected chi connectivity index (χ0v) is 18.1. The molecule has 1 heteroatoms. The second-order valence-electron chi connectivity index (χ2n) is 8.41. The molecular weight excluding hydrogens is 415 g/mol. The van der Waals surface area contributed by atoms with Crippen LogP contribution >= 0.6 is 22.6 Å². The van der Waals surface area contributed by atoms with Crippen molar-refractivity contribution in [1.82, 2.24) is 0 Å². The average molecular weight is 450 g/mol. The third-order valence-corrected chi connectivity index (χ3v) is 7.79. The molecule has 0 saturated heterocycles. The van der Waals surface area contributed by atoms with E-state index in [1.807, 2.05) is 0 Å². The van der Waals surface area contributed by atoms with Crippen molar-refractivity contribution in [3.8, 4) is 0 Å². The van der Waals surface area contributed by atoms with Crippen LogP contribution in [0.4, 0.5) is 0 Å². The van der Waals surface area contributed by atoms with Gasteiger partial charge in [-0.1, -0.05) is 71.9 Å². The smallest absolute Gasteiger partial charge is 0.0247 e. The minimum atomic E-state index is 0.830. The lowest BCUT2D eigenvalue weighted by Crippen LogP contribution is -2.25. The lowest BCUT2D eigenvalue weighted by molar-refractivity contribution is 0.157. The van der Waals surface area contributed by atoms with Crippen molar-refractivity contribution in [2.75, 3.05) is 0 Å². The second kappa shape index (κ2) is 10.1. The Kier molecular flexibility index (Phi) is 7.89. The number of halogens is 1. The molecule has 0 bridgehead atoms. The number of allylic oxidation sites excluding steroid dienone is 2. The molecule has 0 radical (unpaired) electrons. The summed E-state index contributed by atoms with van der Waals surface area (Å²) in [5.41, 5.74) is 3.06. The first-order chi connectivity index (χ1) is 12.3. The number of hydrogen-bond acceptors (Lipinski definition) is 0. The normalized spacial score (nSPS) is 30.6. The first kappa shape index (κ1) is 19.5. The van der Waals surface area contributed by atoms with Gasteiger partial charge in [0.1, 0.15) is 0 Å². The van der Waals surface area contributed by atoms with Crippen LogP contribution in [0, 0.1) is 17.8 Å². The molecule has 0 atom stereocenters. The molecule has 0 heterocycles. The predicted octanol–water partition coefficient (Wildman–Crippen LogP) is 8.06. The van der Waals surface area contributed by atoms with E-state index in [1.165, 1.54) is 69.8 Å². The average Bonchev–Trinajstić information content (AvgIpc) is 2.69. The van der Waals surface area contributed by atoms with Gasteiger partial charge in [0.25, 0.3) is 0 Å². The summed E-state index contributed by atoms with van der Waals surface area (Å²) in [5, 5.41) is 0. The summed E-state index contributed by atoms with van der Waals surface area (Å²) in [7, 11) is 0. The molecule has 25 heavy (non-hydrogen) atoms. The van der Waals surface area contributed by atoms with Crippen molar-refractivity contribution < 1.29 is 0 Å². The third-order valence-electron chi connectivity index (χ3n) is 6.91. The van der Waals surface area contributed by atoms with E-state index in [4.69, 9.17) is 0 Å². The molecule has 2 aliphatic rings. The fourth-order valence-corrected chi connectivity index (χ4v) is 5.76. The van der Waals surface area contributed by atoms with Crippen molar-refractivity contribution in [1.29, 1.82) is 0 Å². The Bertz CT molecular complexity index is 514. The minimum Gasteiger partial charge on any atom is -0.0917 e. The summed E-state index contributed by atoms with van der Waals surface area (Å²) in [5.74, 6) is 3.92. The van der Waals surface area contributed by atoms with Crippen molar-refractivity contribution >= 4 is 22.6 Å². The summed E-state index contributed by atoms with van der Waals surface area (Å²) < 4.78 is 1.13. The molecular formula is C24H35I. The van der Waals surface area contributed by atoms with Gasteiger partial charge in [-0.3, -0.25) is 0 Å². The van der Waals surface area contributed by atoms with E-state index >= 15 is 0 Å². The van der Waals surface area contributed by atoms with Gasteiger partial charge in [-0.05, 0) is 93.1 Å². The highest BCUT2D eigenvalue weighted by Gasteiger charge is 2.31. The second-order valence-corrected chi connectivity index (χ2v) is 9.18. The lowest BCUT2D eigenvalue weighted by Gasteiger charge is -2.38. The Balaban J connectivity index is 1.42. The maximum Gasteiger partial charge on any atom is 0.0247 e. The maximum absolute atomic E-state index is 2.45. The van der Waals surface area contributed by atoms with Crippen LogP contribution in [0.3, 0.4) is 0 Å². The summed E-state index contributed by atoms with van der Waals surface area (Å²) in [6, 6.07) is 9.47. The van der Waals surface area contributed by atoms with Crippen LogP contribution in [0.1, 0.15) is 88.2 Å². The van der Waals surface area contributed by atoms with E-state index in [9.17, 15) is 0 Å². The van der Waals surface area contributed by atoms with Crippen LogP contribution in [-0.4, -0.2) is 0 Å². The first-order valence-electron chi connectivity index (χ1n) is 10.6. The van der Waals surface area contributed by atoms with Gasteiger partial charge in [0.2, 0.25) is 0 Å². The fraction of sp³-hybridized carbons (Fsp3) is 0.667. The Labute approximate surface area is 169 Å². The summed E-state index contributed by atoms with van der Waals surface area (Å²) >= 11 is 2.45. The maximum atomic E-state index is 2.45. The summed E-state index contributed by atoms with van der Waals surface area (Å²) in [6.45, 7) is 2.14. The van der Waals surface area contributed by atoms with Crippen LogP contribution in [0.15, 0.2) is 36.4 Å². The van der Waals surface area contributed by atoms with Crippen molar-refractivity contribution in [3.05, 3.63) is 47.5 Å². The van der Waals surface area contributed by atoms with Gasteiger partial charge in [-0.15, -0.1) is 0 Å². The third kappa shape index (κ3) is 5.58. The molecule has 0 spiro atoms. The van der Waals surface area contributed by atoms with Gasteiger partial charge < -0.3 is 0 Å². The molecule has 1 aromatic rings. The zero-order valence-electron chi connectivity index (χ0n) is 15.9. The molecule has 3 rings (SSSR count). The summed E-state index contributed by atoms with van der Waals surface area (Å²) in [6.07, 6.45) is 19.1. The molecule has 0 unspecified atom stereocenters. The van der Waals surface area contributed by atoms with Gasteiger partial charge >= 0.3 is 0 Å². The van der Waals surface area contributed by atoms with E-state index in [2.05, 4.69) is 65.9 Å². The topological polar surface area (TPSA) is 0 Å². The SMILES string of the molecule is C/C=C/CCC1CCC(C2CCC(c3ccc(CI)cc3)CC2)CC1. The van der Waals surface area contributed by atoms with Gasteiger partial charge in [0.15, 0.2) is 0 Å². The van der Waals surface area contributed by atoms with Crippen LogP contribution in [0.25, 0.3) is 0 Å². The van der Waals surface area contributed by atoms with Gasteiger partial charge in [-0.2, -0.15) is 0 Å². The number of benzene rings is 1. The zero-order chi connectivity index (χ0) is 17.5. The molecule has 2 aliphatic carbocycles. The van der Waals surface area contributed by atoms with E-state index in [1.54, 1.807) is 5.56 Å². The fourth-order valence-electron chi connectivity index (χ4n) is 5.25. The molecule has 0 aliphatic heterocycles. The van der Waals surface area contributed by atoms with E-state index < -0.39 is 0 Å². The Hall–Kier alpha value is -0.310. The summed E-state index contributed by atoms with van der Waals surface area (Å²) in [4.78, 5) is 0. The Morgan fingerprint density at radius 2 is 1.48 bits per heavy atom. The van der Waals surface area contributed by atoms with Gasteiger partial charge in [0.05, 0.1) is 0 Å². The highest BCUT2D eigenvalue weighted by atomic mass is 127. The van der Waals surface area contributed by atoms with Crippen LogP contribution in [0.5, 0.6) is 0 Å². The van der Waals surface area contributed by atoms with Gasteiger partial charge in [-0.25, -0.2) is 0 Å². The molecule has 138 valence electrons. The molecule has 1 aromatic carbocycles. The van der Waals surface area contributed by atoms with Gasteiger partial charge in [0, 0.05) is 4.43 Å². The first-order valence-corrected chi connectivity index (χ1v) is 12.1. The monoisotopic (exact) mass is 450 g/mol. The van der Waals surface area contributed by atoms with E-state index in [-0.39, 0.29) is 0 Å². The predicted molar refractivity (Wildman–Crippen MR) is 118 cm³/mol.